The Bertz CT molecular complexity index is 449. The summed E-state index contributed by atoms with van der Waals surface area (Å²) >= 11 is 0. The van der Waals surface area contributed by atoms with Crippen molar-refractivity contribution in [2.24, 2.45) is 23.2 Å². The normalized spacial score (nSPS) is 35.3. The second-order valence-electron chi connectivity index (χ2n) is 8.51. The molecule has 0 aromatic carbocycles. The average Bonchev–Trinajstić information content (AvgIpc) is 2.40. The van der Waals surface area contributed by atoms with E-state index >= 15 is 0 Å². The van der Waals surface area contributed by atoms with Crippen molar-refractivity contribution in [3.05, 3.63) is 0 Å². The Morgan fingerprint density at radius 2 is 1.54 bits per heavy atom. The van der Waals surface area contributed by atoms with Crippen LogP contribution >= 0.6 is 0 Å². The van der Waals surface area contributed by atoms with Crippen LogP contribution in [-0.4, -0.2) is 24.4 Å². The maximum atomic E-state index is 13.2. The van der Waals surface area contributed by atoms with Gasteiger partial charge in [-0.25, -0.2) is 8.78 Å². The maximum Gasteiger partial charge on any atom is 0.310 e. The fourth-order valence-electron chi connectivity index (χ4n) is 5.56. The predicted octanol–water partition coefficient (Wildman–Crippen LogP) is 5.21. The first-order valence-electron chi connectivity index (χ1n) is 9.00. The van der Waals surface area contributed by atoms with Crippen LogP contribution in [0.4, 0.5) is 17.6 Å². The highest BCUT2D eigenvalue weighted by Crippen LogP contribution is 2.61. The van der Waals surface area contributed by atoms with Gasteiger partial charge in [0.15, 0.2) is 0 Å². The summed E-state index contributed by atoms with van der Waals surface area (Å²) < 4.78 is 56.8. The predicted molar refractivity (Wildman–Crippen MR) is 81.0 cm³/mol. The van der Waals surface area contributed by atoms with Crippen LogP contribution < -0.4 is 0 Å². The SMILES string of the molecule is CC(F)(F)C(F)(F)CCCOC(=O)CC12CC3CC(CC(C3)C1)C2. The van der Waals surface area contributed by atoms with E-state index in [1.165, 1.54) is 19.3 Å². The molecule has 0 unspecified atom stereocenters. The smallest absolute Gasteiger partial charge is 0.310 e. The van der Waals surface area contributed by atoms with E-state index in [0.29, 0.717) is 6.42 Å². The molecule has 0 spiro atoms. The van der Waals surface area contributed by atoms with Gasteiger partial charge in [-0.15, -0.1) is 0 Å². The van der Waals surface area contributed by atoms with Crippen molar-refractivity contribution in [3.8, 4) is 0 Å². The minimum Gasteiger partial charge on any atom is -0.466 e. The summed E-state index contributed by atoms with van der Waals surface area (Å²) in [5, 5.41) is 0. The van der Waals surface area contributed by atoms with E-state index in [1.54, 1.807) is 0 Å². The zero-order chi connectivity index (χ0) is 17.6. The molecule has 0 aliphatic heterocycles. The van der Waals surface area contributed by atoms with Gasteiger partial charge in [0.05, 0.1) is 13.0 Å². The topological polar surface area (TPSA) is 26.3 Å². The lowest BCUT2D eigenvalue weighted by molar-refractivity contribution is -0.202. The number of carbonyl (C=O) groups excluding carboxylic acids is 1. The largest absolute Gasteiger partial charge is 0.466 e. The lowest BCUT2D eigenvalue weighted by Crippen LogP contribution is -2.47. The summed E-state index contributed by atoms with van der Waals surface area (Å²) in [6.07, 6.45) is 6.23. The Labute approximate surface area is 140 Å². The molecule has 6 heteroatoms. The van der Waals surface area contributed by atoms with Crippen molar-refractivity contribution in [2.45, 2.75) is 76.6 Å². The second-order valence-corrected chi connectivity index (χ2v) is 8.51. The van der Waals surface area contributed by atoms with Gasteiger partial charge in [-0.2, -0.15) is 8.78 Å². The standard InChI is InChI=1S/C18H26F4O2/c1-16(19,20)18(21,22)3-2-4-24-15(23)11-17-8-12-5-13(9-17)7-14(6-12)10-17/h12-14H,2-11H2,1H3. The van der Waals surface area contributed by atoms with Crippen molar-refractivity contribution in [1.29, 1.82) is 0 Å². The van der Waals surface area contributed by atoms with E-state index in [-0.39, 0.29) is 31.3 Å². The van der Waals surface area contributed by atoms with Crippen molar-refractivity contribution >= 4 is 5.97 Å². The number of ether oxygens (including phenoxy) is 1. The van der Waals surface area contributed by atoms with Gasteiger partial charge in [-0.05, 0) is 68.1 Å². The van der Waals surface area contributed by atoms with E-state index in [1.807, 2.05) is 0 Å². The summed E-state index contributed by atoms with van der Waals surface area (Å²) in [5.41, 5.74) is 0.0478. The third-order valence-electron chi connectivity index (χ3n) is 6.22. The van der Waals surface area contributed by atoms with Gasteiger partial charge >= 0.3 is 17.8 Å². The maximum absolute atomic E-state index is 13.2. The number of hydrogen-bond acceptors (Lipinski definition) is 2. The molecular formula is C18H26F4O2. The minimum absolute atomic E-state index is 0.0478. The van der Waals surface area contributed by atoms with Crippen LogP contribution in [0.15, 0.2) is 0 Å². The van der Waals surface area contributed by atoms with E-state index in [0.717, 1.165) is 37.0 Å². The number of esters is 1. The molecule has 4 aliphatic carbocycles. The first-order valence-corrected chi connectivity index (χ1v) is 9.00. The molecule has 4 rings (SSSR count). The van der Waals surface area contributed by atoms with Gasteiger partial charge in [-0.3, -0.25) is 4.79 Å². The van der Waals surface area contributed by atoms with Crippen molar-refractivity contribution in [2.75, 3.05) is 6.61 Å². The molecule has 24 heavy (non-hydrogen) atoms. The Morgan fingerprint density at radius 1 is 1.04 bits per heavy atom. The Morgan fingerprint density at radius 3 is 2.00 bits per heavy atom. The lowest BCUT2D eigenvalue weighted by Gasteiger charge is -2.56. The molecule has 0 aromatic rings. The molecule has 0 atom stereocenters. The van der Waals surface area contributed by atoms with E-state index in [2.05, 4.69) is 0 Å². The monoisotopic (exact) mass is 350 g/mol. The third-order valence-corrected chi connectivity index (χ3v) is 6.22. The lowest BCUT2D eigenvalue weighted by atomic mass is 9.49. The molecule has 4 aliphatic rings. The van der Waals surface area contributed by atoms with E-state index < -0.39 is 18.3 Å². The van der Waals surface area contributed by atoms with Gasteiger partial charge in [-0.1, -0.05) is 0 Å². The van der Waals surface area contributed by atoms with Crippen LogP contribution in [0.5, 0.6) is 0 Å². The molecule has 4 saturated carbocycles. The molecule has 0 aromatic heterocycles. The summed E-state index contributed by atoms with van der Waals surface area (Å²) in [6.45, 7) is 0.00290. The highest BCUT2D eigenvalue weighted by Gasteiger charge is 2.52. The molecule has 138 valence electrons. The number of halogens is 4. The second kappa shape index (κ2) is 6.17. The van der Waals surface area contributed by atoms with Crippen molar-refractivity contribution in [3.63, 3.8) is 0 Å². The molecule has 4 bridgehead atoms. The molecule has 0 saturated heterocycles. The quantitative estimate of drug-likeness (QED) is 0.358. The Hall–Kier alpha value is -0.810. The van der Waals surface area contributed by atoms with E-state index in [4.69, 9.17) is 4.74 Å². The van der Waals surface area contributed by atoms with Crippen LogP contribution in [0.25, 0.3) is 0 Å². The highest BCUT2D eigenvalue weighted by atomic mass is 19.3. The van der Waals surface area contributed by atoms with Crippen molar-refractivity contribution in [1.82, 2.24) is 0 Å². The molecular weight excluding hydrogens is 324 g/mol. The van der Waals surface area contributed by atoms with Gasteiger partial charge in [0.1, 0.15) is 0 Å². The first kappa shape index (κ1) is 18.0. The van der Waals surface area contributed by atoms with Crippen LogP contribution in [0, 0.1) is 23.2 Å². The first-order chi connectivity index (χ1) is 11.1. The molecule has 4 fully saturated rings. The van der Waals surface area contributed by atoms with Crippen LogP contribution in [0.1, 0.15) is 64.7 Å². The van der Waals surface area contributed by atoms with Gasteiger partial charge in [0.2, 0.25) is 0 Å². The van der Waals surface area contributed by atoms with Crippen molar-refractivity contribution < 1.29 is 27.1 Å². The fourth-order valence-corrected chi connectivity index (χ4v) is 5.56. The zero-order valence-electron chi connectivity index (χ0n) is 14.1. The number of carbonyl (C=O) groups is 1. The van der Waals surface area contributed by atoms with Crippen LogP contribution in [0.3, 0.4) is 0 Å². The van der Waals surface area contributed by atoms with Crippen LogP contribution in [-0.2, 0) is 9.53 Å². The Kier molecular flexibility index (Phi) is 4.63. The summed E-state index contributed by atoms with van der Waals surface area (Å²) in [6, 6.07) is 0. The van der Waals surface area contributed by atoms with Gasteiger partial charge in [0, 0.05) is 13.3 Å². The minimum atomic E-state index is -4.06. The van der Waals surface area contributed by atoms with E-state index in [9.17, 15) is 22.4 Å². The summed E-state index contributed by atoms with van der Waals surface area (Å²) in [5.74, 6) is -6.27. The third kappa shape index (κ3) is 3.72. The number of alkyl halides is 4. The fraction of sp³-hybridized carbons (Fsp3) is 0.944. The van der Waals surface area contributed by atoms with Crippen LogP contribution in [0.2, 0.25) is 0 Å². The molecule has 2 nitrogen and oxygen atoms in total. The molecule has 0 N–H and O–H groups in total. The Balaban J connectivity index is 1.42. The molecule has 0 heterocycles. The average molecular weight is 350 g/mol. The number of hydrogen-bond donors (Lipinski definition) is 0. The zero-order valence-corrected chi connectivity index (χ0v) is 14.1. The number of rotatable bonds is 7. The van der Waals surface area contributed by atoms with Gasteiger partial charge < -0.3 is 4.74 Å². The molecule has 0 amide bonds. The summed E-state index contributed by atoms with van der Waals surface area (Å²) in [4.78, 5) is 12.1. The molecule has 0 radical (unpaired) electrons. The summed E-state index contributed by atoms with van der Waals surface area (Å²) in [7, 11) is 0. The highest BCUT2D eigenvalue weighted by molar-refractivity contribution is 5.70. The van der Waals surface area contributed by atoms with Gasteiger partial charge in [0.25, 0.3) is 0 Å².